The fourth-order valence-electron chi connectivity index (χ4n) is 3.85. The van der Waals surface area contributed by atoms with Crippen molar-refractivity contribution in [2.24, 2.45) is 0 Å². The van der Waals surface area contributed by atoms with E-state index < -0.39 is 0 Å². The lowest BCUT2D eigenvalue weighted by Gasteiger charge is -2.38. The summed E-state index contributed by atoms with van der Waals surface area (Å²) in [6, 6.07) is 18.7. The molecule has 0 atom stereocenters. The molecule has 27 heavy (non-hydrogen) atoms. The molecule has 2 aromatic carbocycles. The molecule has 0 amide bonds. The number of rotatable bonds is 9. The van der Waals surface area contributed by atoms with E-state index in [1.54, 1.807) is 0 Å². The molecule has 3 heteroatoms. The molecule has 0 radical (unpaired) electrons. The summed E-state index contributed by atoms with van der Waals surface area (Å²) in [7, 11) is 0. The van der Waals surface area contributed by atoms with Crippen LogP contribution in [0.15, 0.2) is 54.6 Å². The van der Waals surface area contributed by atoms with Gasteiger partial charge in [0.05, 0.1) is 0 Å². The van der Waals surface area contributed by atoms with E-state index in [1.807, 2.05) is 24.3 Å². The van der Waals surface area contributed by atoms with Crippen LogP contribution < -0.4 is 10.1 Å². The number of ketones is 1. The predicted octanol–water partition coefficient (Wildman–Crippen LogP) is 5.38. The molecule has 3 rings (SSSR count). The molecule has 0 spiro atoms. The van der Waals surface area contributed by atoms with E-state index in [2.05, 4.69) is 42.6 Å². The van der Waals surface area contributed by atoms with Gasteiger partial charge in [-0.15, -0.1) is 0 Å². The Hall–Kier alpha value is -2.13. The van der Waals surface area contributed by atoms with Gasteiger partial charge in [-0.1, -0.05) is 62.2 Å². The second-order valence-electron chi connectivity index (χ2n) is 7.56. The van der Waals surface area contributed by atoms with Gasteiger partial charge in [0.15, 0.2) is 0 Å². The Kier molecular flexibility index (Phi) is 7.05. The highest BCUT2D eigenvalue weighted by molar-refractivity contribution is 5.79. The van der Waals surface area contributed by atoms with Gasteiger partial charge < -0.3 is 10.1 Å². The first kappa shape index (κ1) is 19.6. The second kappa shape index (κ2) is 9.70. The molecule has 144 valence electrons. The molecule has 1 N–H and O–H groups in total. The third-order valence-electron chi connectivity index (χ3n) is 5.54. The lowest BCUT2D eigenvalue weighted by atomic mass is 9.76. The lowest BCUT2D eigenvalue weighted by molar-refractivity contribution is -0.121. The summed E-state index contributed by atoms with van der Waals surface area (Å²) in [5, 5.41) is 3.80. The third-order valence-corrected chi connectivity index (χ3v) is 5.54. The number of Topliss-reactive ketones (excluding diaryl/α,β-unsaturated/α-hetero) is 1. The van der Waals surface area contributed by atoms with Crippen molar-refractivity contribution in [2.75, 3.05) is 6.54 Å². The minimum atomic E-state index is -0.103. The van der Waals surface area contributed by atoms with Crippen LogP contribution in [0.4, 0.5) is 0 Å². The molecule has 1 aliphatic rings. The lowest BCUT2D eigenvalue weighted by Crippen LogP contribution is -2.45. The fraction of sp³-hybridized carbons (Fsp3) is 0.458. The van der Waals surface area contributed by atoms with Crippen LogP contribution in [0, 0.1) is 0 Å². The fourth-order valence-corrected chi connectivity index (χ4v) is 3.85. The Bertz CT molecular complexity index is 716. The average molecular weight is 366 g/mol. The zero-order valence-corrected chi connectivity index (χ0v) is 16.4. The summed E-state index contributed by atoms with van der Waals surface area (Å²) in [6.45, 7) is 3.79. The molecule has 2 aromatic rings. The largest absolute Gasteiger partial charge is 0.489 e. The maximum atomic E-state index is 11.8. The number of hydrogen-bond acceptors (Lipinski definition) is 3. The predicted molar refractivity (Wildman–Crippen MR) is 110 cm³/mol. The standard InChI is InChI=1S/C24H31NO2/c1-2-3-7-17-25-24(15-13-22(26)14-16-24)21-11-8-12-23(18-21)27-19-20-9-5-4-6-10-20/h4-6,8-12,18,25H,2-3,7,13-17,19H2,1H3. The van der Waals surface area contributed by atoms with E-state index in [0.717, 1.165) is 25.1 Å². The van der Waals surface area contributed by atoms with Crippen LogP contribution in [0.2, 0.25) is 0 Å². The summed E-state index contributed by atoms with van der Waals surface area (Å²) in [5.41, 5.74) is 2.31. The van der Waals surface area contributed by atoms with E-state index in [0.29, 0.717) is 25.2 Å². The van der Waals surface area contributed by atoms with Crippen molar-refractivity contribution in [1.82, 2.24) is 5.32 Å². The number of nitrogens with one attached hydrogen (secondary N) is 1. The Morgan fingerprint density at radius 3 is 2.52 bits per heavy atom. The van der Waals surface area contributed by atoms with Crippen LogP contribution in [0.5, 0.6) is 5.75 Å². The maximum Gasteiger partial charge on any atom is 0.133 e. The van der Waals surface area contributed by atoms with Gasteiger partial charge in [-0.05, 0) is 49.1 Å². The minimum absolute atomic E-state index is 0.103. The maximum absolute atomic E-state index is 11.8. The molecular formula is C24H31NO2. The van der Waals surface area contributed by atoms with Crippen molar-refractivity contribution in [3.8, 4) is 5.75 Å². The summed E-state index contributed by atoms with van der Waals surface area (Å²) < 4.78 is 6.04. The molecule has 0 aliphatic heterocycles. The van der Waals surface area contributed by atoms with Crippen LogP contribution in [-0.2, 0) is 16.9 Å². The number of hydrogen-bond donors (Lipinski definition) is 1. The van der Waals surface area contributed by atoms with Gasteiger partial charge in [0.1, 0.15) is 18.1 Å². The highest BCUT2D eigenvalue weighted by Crippen LogP contribution is 2.37. The summed E-state index contributed by atoms with van der Waals surface area (Å²) >= 11 is 0. The molecular weight excluding hydrogens is 334 g/mol. The molecule has 3 nitrogen and oxygen atoms in total. The number of carbonyl (C=O) groups is 1. The molecule has 0 saturated heterocycles. The first-order valence-corrected chi connectivity index (χ1v) is 10.3. The molecule has 0 aromatic heterocycles. The van der Waals surface area contributed by atoms with Gasteiger partial charge >= 0.3 is 0 Å². The van der Waals surface area contributed by atoms with Crippen LogP contribution >= 0.6 is 0 Å². The summed E-state index contributed by atoms with van der Waals surface area (Å²) in [5.74, 6) is 1.28. The minimum Gasteiger partial charge on any atom is -0.489 e. The van der Waals surface area contributed by atoms with Crippen LogP contribution in [-0.4, -0.2) is 12.3 Å². The molecule has 1 aliphatic carbocycles. The van der Waals surface area contributed by atoms with Crippen molar-refractivity contribution in [2.45, 2.75) is 64.0 Å². The topological polar surface area (TPSA) is 38.3 Å². The van der Waals surface area contributed by atoms with Crippen LogP contribution in [0.1, 0.15) is 63.0 Å². The molecule has 0 unspecified atom stereocenters. The molecule has 0 bridgehead atoms. The Morgan fingerprint density at radius 2 is 1.78 bits per heavy atom. The normalized spacial score (nSPS) is 16.3. The quantitative estimate of drug-likeness (QED) is 0.606. The van der Waals surface area contributed by atoms with Gasteiger partial charge in [0.2, 0.25) is 0 Å². The van der Waals surface area contributed by atoms with Crippen molar-refractivity contribution in [1.29, 1.82) is 0 Å². The molecule has 1 saturated carbocycles. The third kappa shape index (κ3) is 5.43. The Balaban J connectivity index is 1.72. The first-order valence-electron chi connectivity index (χ1n) is 10.3. The first-order chi connectivity index (χ1) is 13.2. The van der Waals surface area contributed by atoms with Gasteiger partial charge in [-0.25, -0.2) is 0 Å². The van der Waals surface area contributed by atoms with Crippen molar-refractivity contribution in [3.05, 3.63) is 65.7 Å². The number of ether oxygens (including phenoxy) is 1. The van der Waals surface area contributed by atoms with Gasteiger partial charge in [-0.3, -0.25) is 4.79 Å². The van der Waals surface area contributed by atoms with Crippen molar-refractivity contribution >= 4 is 5.78 Å². The SMILES string of the molecule is CCCCCNC1(c2cccc(OCc3ccccc3)c2)CCC(=O)CC1. The van der Waals surface area contributed by atoms with E-state index in [-0.39, 0.29) is 5.54 Å². The Labute approximate surface area is 163 Å². The number of benzene rings is 2. The van der Waals surface area contributed by atoms with E-state index in [1.165, 1.54) is 30.4 Å². The van der Waals surface area contributed by atoms with Crippen molar-refractivity contribution in [3.63, 3.8) is 0 Å². The molecule has 0 heterocycles. The van der Waals surface area contributed by atoms with Crippen molar-refractivity contribution < 1.29 is 9.53 Å². The van der Waals surface area contributed by atoms with E-state index >= 15 is 0 Å². The molecule has 1 fully saturated rings. The summed E-state index contributed by atoms with van der Waals surface area (Å²) in [4.78, 5) is 11.8. The Morgan fingerprint density at radius 1 is 1.00 bits per heavy atom. The monoisotopic (exact) mass is 365 g/mol. The van der Waals surface area contributed by atoms with Gasteiger partial charge in [-0.2, -0.15) is 0 Å². The average Bonchev–Trinajstić information content (AvgIpc) is 2.72. The van der Waals surface area contributed by atoms with E-state index in [4.69, 9.17) is 4.74 Å². The van der Waals surface area contributed by atoms with E-state index in [9.17, 15) is 4.79 Å². The highest BCUT2D eigenvalue weighted by atomic mass is 16.5. The smallest absolute Gasteiger partial charge is 0.133 e. The van der Waals surface area contributed by atoms with Crippen LogP contribution in [0.25, 0.3) is 0 Å². The van der Waals surface area contributed by atoms with Crippen LogP contribution in [0.3, 0.4) is 0 Å². The van der Waals surface area contributed by atoms with Gasteiger partial charge in [0.25, 0.3) is 0 Å². The second-order valence-corrected chi connectivity index (χ2v) is 7.56. The number of unbranched alkanes of at least 4 members (excludes halogenated alkanes) is 2. The van der Waals surface area contributed by atoms with Gasteiger partial charge in [0, 0.05) is 18.4 Å². The summed E-state index contributed by atoms with van der Waals surface area (Å²) in [6.07, 6.45) is 6.71. The zero-order valence-electron chi connectivity index (χ0n) is 16.4. The number of carbonyl (C=O) groups excluding carboxylic acids is 1. The highest BCUT2D eigenvalue weighted by Gasteiger charge is 2.35. The zero-order chi connectivity index (χ0) is 19.0.